The van der Waals surface area contributed by atoms with Gasteiger partial charge in [-0.25, -0.2) is 4.79 Å². The highest BCUT2D eigenvalue weighted by Crippen LogP contribution is 2.50. The third-order valence-corrected chi connectivity index (χ3v) is 5.81. The molecule has 0 amide bonds. The van der Waals surface area contributed by atoms with Crippen molar-refractivity contribution in [3.05, 3.63) is 58.7 Å². The van der Waals surface area contributed by atoms with E-state index in [9.17, 15) is 4.79 Å². The molecule has 2 aliphatic carbocycles. The lowest BCUT2D eigenvalue weighted by molar-refractivity contribution is 0.0660. The van der Waals surface area contributed by atoms with E-state index in [2.05, 4.69) is 30.1 Å². The van der Waals surface area contributed by atoms with Crippen LogP contribution in [0.1, 0.15) is 71.7 Å². The molecular formula is C21H21NO3. The van der Waals surface area contributed by atoms with Crippen LogP contribution in [-0.4, -0.2) is 16.1 Å². The van der Waals surface area contributed by atoms with E-state index in [0.29, 0.717) is 12.2 Å². The average molecular weight is 335 g/mol. The molecule has 128 valence electrons. The molecule has 1 aromatic carbocycles. The van der Waals surface area contributed by atoms with Crippen LogP contribution in [0.4, 0.5) is 0 Å². The van der Waals surface area contributed by atoms with Gasteiger partial charge in [-0.05, 0) is 60.9 Å². The van der Waals surface area contributed by atoms with Gasteiger partial charge >= 0.3 is 5.97 Å². The number of aromatic carboxylic acids is 1. The van der Waals surface area contributed by atoms with Gasteiger partial charge in [0.25, 0.3) is 0 Å². The van der Waals surface area contributed by atoms with Gasteiger partial charge in [-0.15, -0.1) is 0 Å². The van der Waals surface area contributed by atoms with Crippen molar-refractivity contribution in [2.45, 2.75) is 50.4 Å². The Kier molecular flexibility index (Phi) is 2.97. The van der Waals surface area contributed by atoms with Crippen molar-refractivity contribution < 1.29 is 14.3 Å². The summed E-state index contributed by atoms with van der Waals surface area (Å²) in [4.78, 5) is 14.8. The second kappa shape index (κ2) is 5.01. The van der Waals surface area contributed by atoms with E-state index in [1.165, 1.54) is 59.5 Å². The molecule has 0 unspecified atom stereocenters. The predicted molar refractivity (Wildman–Crippen MR) is 95.3 cm³/mol. The first-order valence-corrected chi connectivity index (χ1v) is 9.00. The number of nitrogens with one attached hydrogen (secondary N) is 1. The molecule has 2 N–H and O–H groups in total. The number of carbonyl (C=O) groups is 1. The normalized spacial score (nSPS) is 18.6. The van der Waals surface area contributed by atoms with Crippen molar-refractivity contribution in [3.63, 3.8) is 0 Å². The van der Waals surface area contributed by atoms with Crippen molar-refractivity contribution in [1.29, 1.82) is 0 Å². The molecule has 2 aliphatic rings. The Balaban J connectivity index is 1.60. The first-order valence-electron chi connectivity index (χ1n) is 9.00. The van der Waals surface area contributed by atoms with Crippen molar-refractivity contribution in [3.8, 4) is 0 Å². The lowest BCUT2D eigenvalue weighted by atomic mass is 9.96. The lowest BCUT2D eigenvalue weighted by Crippen LogP contribution is -2.04. The Bertz CT molecular complexity index is 986. The van der Waals surface area contributed by atoms with Gasteiger partial charge in [-0.1, -0.05) is 19.1 Å². The SMILES string of the molecule is CC1(c2[nH]c3cc(C4CC4)ccc3c2Cc2ccc(C(=O)O)o2)CC1. The number of hydrogen-bond acceptors (Lipinski definition) is 2. The van der Waals surface area contributed by atoms with Gasteiger partial charge in [0.05, 0.1) is 0 Å². The zero-order chi connectivity index (χ0) is 17.2. The fourth-order valence-corrected chi connectivity index (χ4v) is 3.84. The summed E-state index contributed by atoms with van der Waals surface area (Å²) in [6, 6.07) is 10.1. The summed E-state index contributed by atoms with van der Waals surface area (Å²) in [5.41, 5.74) is 5.40. The van der Waals surface area contributed by atoms with Crippen LogP contribution in [0.5, 0.6) is 0 Å². The highest BCUT2D eigenvalue weighted by atomic mass is 16.4. The van der Waals surface area contributed by atoms with Crippen LogP contribution in [0.3, 0.4) is 0 Å². The van der Waals surface area contributed by atoms with Gasteiger partial charge in [-0.3, -0.25) is 0 Å². The van der Waals surface area contributed by atoms with Crippen LogP contribution in [0.15, 0.2) is 34.7 Å². The van der Waals surface area contributed by atoms with E-state index in [-0.39, 0.29) is 11.2 Å². The molecule has 2 aromatic heterocycles. The maximum Gasteiger partial charge on any atom is 0.371 e. The zero-order valence-corrected chi connectivity index (χ0v) is 14.3. The number of H-pyrrole nitrogens is 1. The molecule has 4 nitrogen and oxygen atoms in total. The predicted octanol–water partition coefficient (Wildman–Crippen LogP) is 4.98. The quantitative estimate of drug-likeness (QED) is 0.691. The molecule has 0 aliphatic heterocycles. The molecule has 4 heteroatoms. The standard InChI is InChI=1S/C21H21NO3/c1-21(8-9-21)19-16(11-14-5-7-18(25-14)20(23)24)15-6-4-13(12-2-3-12)10-17(15)22-19/h4-7,10,12,22H,2-3,8-9,11H2,1H3,(H,23,24). The number of benzene rings is 1. The molecule has 0 saturated heterocycles. The third kappa shape index (κ3) is 2.48. The van der Waals surface area contributed by atoms with E-state index >= 15 is 0 Å². The molecular weight excluding hydrogens is 314 g/mol. The van der Waals surface area contributed by atoms with Gasteiger partial charge in [-0.2, -0.15) is 0 Å². The second-order valence-electron chi connectivity index (χ2n) is 7.87. The van der Waals surface area contributed by atoms with E-state index < -0.39 is 5.97 Å². The van der Waals surface area contributed by atoms with E-state index in [1.54, 1.807) is 6.07 Å². The third-order valence-electron chi connectivity index (χ3n) is 5.81. The number of rotatable bonds is 5. The fraction of sp³-hybridized carbons (Fsp3) is 0.381. The summed E-state index contributed by atoms with van der Waals surface area (Å²) in [6.07, 6.45) is 5.62. The minimum atomic E-state index is -1.02. The number of carboxylic acids is 1. The molecule has 3 aromatic rings. The Hall–Kier alpha value is -2.49. The van der Waals surface area contributed by atoms with E-state index in [0.717, 1.165) is 5.92 Å². The maximum atomic E-state index is 11.1. The summed E-state index contributed by atoms with van der Waals surface area (Å²) in [5.74, 6) is 0.424. The van der Waals surface area contributed by atoms with Crippen LogP contribution in [0, 0.1) is 0 Å². The number of carboxylic acid groups (broad SMARTS) is 1. The molecule has 0 atom stereocenters. The maximum absolute atomic E-state index is 11.1. The molecule has 0 radical (unpaired) electrons. The summed E-state index contributed by atoms with van der Waals surface area (Å²) in [6.45, 7) is 2.30. The zero-order valence-electron chi connectivity index (χ0n) is 14.3. The molecule has 5 rings (SSSR count). The highest BCUT2D eigenvalue weighted by Gasteiger charge is 2.42. The first-order chi connectivity index (χ1) is 12.0. The minimum absolute atomic E-state index is 0.00467. The average Bonchev–Trinajstić information content (AvgIpc) is 3.49. The van der Waals surface area contributed by atoms with Crippen molar-refractivity contribution in [1.82, 2.24) is 4.98 Å². The molecule has 0 bridgehead atoms. The van der Waals surface area contributed by atoms with E-state index in [4.69, 9.17) is 9.52 Å². The summed E-state index contributed by atoms with van der Waals surface area (Å²) in [5, 5.41) is 10.3. The first kappa shape index (κ1) is 14.8. The second-order valence-corrected chi connectivity index (χ2v) is 7.87. The lowest BCUT2D eigenvalue weighted by Gasteiger charge is -2.09. The molecule has 0 spiro atoms. The molecule has 2 fully saturated rings. The van der Waals surface area contributed by atoms with Gasteiger partial charge < -0.3 is 14.5 Å². The van der Waals surface area contributed by atoms with Crippen molar-refractivity contribution in [2.75, 3.05) is 0 Å². The highest BCUT2D eigenvalue weighted by molar-refractivity contribution is 5.87. The number of fused-ring (bicyclic) bond motifs is 1. The van der Waals surface area contributed by atoms with Gasteiger partial charge in [0.15, 0.2) is 0 Å². The van der Waals surface area contributed by atoms with Gasteiger partial charge in [0.2, 0.25) is 5.76 Å². The Morgan fingerprint density at radius 3 is 2.72 bits per heavy atom. The molecule has 25 heavy (non-hydrogen) atoms. The van der Waals surface area contributed by atoms with Crippen molar-refractivity contribution in [2.24, 2.45) is 0 Å². The summed E-state index contributed by atoms with van der Waals surface area (Å²) in [7, 11) is 0. The number of aromatic amines is 1. The smallest absolute Gasteiger partial charge is 0.371 e. The molecule has 2 heterocycles. The number of furan rings is 1. The van der Waals surface area contributed by atoms with Crippen LogP contribution in [0.25, 0.3) is 10.9 Å². The Labute approximate surface area is 145 Å². The minimum Gasteiger partial charge on any atom is -0.475 e. The van der Waals surface area contributed by atoms with Gasteiger partial charge in [0.1, 0.15) is 5.76 Å². The van der Waals surface area contributed by atoms with Crippen LogP contribution in [-0.2, 0) is 11.8 Å². The topological polar surface area (TPSA) is 66.2 Å². The Morgan fingerprint density at radius 2 is 2.08 bits per heavy atom. The monoisotopic (exact) mass is 335 g/mol. The number of hydrogen-bond donors (Lipinski definition) is 2. The van der Waals surface area contributed by atoms with Crippen LogP contribution < -0.4 is 0 Å². The number of aromatic nitrogens is 1. The van der Waals surface area contributed by atoms with E-state index in [1.807, 2.05) is 0 Å². The van der Waals surface area contributed by atoms with Crippen LogP contribution in [0.2, 0.25) is 0 Å². The van der Waals surface area contributed by atoms with Gasteiger partial charge in [0, 0.05) is 28.4 Å². The summed E-state index contributed by atoms with van der Waals surface area (Å²) < 4.78 is 5.51. The fourth-order valence-electron chi connectivity index (χ4n) is 3.84. The largest absolute Gasteiger partial charge is 0.475 e. The van der Waals surface area contributed by atoms with Crippen molar-refractivity contribution >= 4 is 16.9 Å². The Morgan fingerprint density at radius 1 is 1.28 bits per heavy atom. The summed E-state index contributed by atoms with van der Waals surface area (Å²) >= 11 is 0. The van der Waals surface area contributed by atoms with Crippen LogP contribution >= 0.6 is 0 Å². The molecule has 2 saturated carbocycles.